The van der Waals surface area contributed by atoms with E-state index in [2.05, 4.69) is 36.6 Å². The maximum absolute atomic E-state index is 12.0. The van der Waals surface area contributed by atoms with Crippen molar-refractivity contribution in [3.8, 4) is 0 Å². The highest BCUT2D eigenvalue weighted by Crippen LogP contribution is 2.16. The Labute approximate surface area is 119 Å². The Morgan fingerprint density at radius 1 is 1.35 bits per heavy atom. The van der Waals surface area contributed by atoms with E-state index in [1.54, 1.807) is 4.90 Å². The highest BCUT2D eigenvalue weighted by atomic mass is 16.2. The van der Waals surface area contributed by atoms with E-state index < -0.39 is 0 Å². The molecule has 0 aromatic heterocycles. The zero-order valence-corrected chi connectivity index (χ0v) is 12.0. The number of nitrogens with zero attached hydrogens (tertiary/aromatic N) is 1. The fourth-order valence-corrected chi connectivity index (χ4v) is 2.13. The van der Waals surface area contributed by atoms with Gasteiger partial charge in [-0.3, -0.25) is 9.59 Å². The summed E-state index contributed by atoms with van der Waals surface area (Å²) in [4.78, 5) is 24.8. The van der Waals surface area contributed by atoms with Gasteiger partial charge >= 0.3 is 0 Å². The molecule has 2 rings (SSSR count). The van der Waals surface area contributed by atoms with Crippen molar-refractivity contribution in [3.63, 3.8) is 0 Å². The first-order chi connectivity index (χ1) is 9.56. The van der Waals surface area contributed by atoms with Crippen LogP contribution in [0, 0.1) is 0 Å². The van der Waals surface area contributed by atoms with Crippen LogP contribution in [0.5, 0.6) is 0 Å². The van der Waals surface area contributed by atoms with Gasteiger partial charge in [0.25, 0.3) is 0 Å². The fraction of sp³-hybridized carbons (Fsp3) is 0.467. The molecule has 5 heteroatoms. The second-order valence-corrected chi connectivity index (χ2v) is 5.30. The van der Waals surface area contributed by atoms with Crippen LogP contribution >= 0.6 is 0 Å². The van der Waals surface area contributed by atoms with E-state index in [4.69, 9.17) is 0 Å². The minimum atomic E-state index is -0.0918. The molecule has 0 spiro atoms. The molecule has 1 aromatic carbocycles. The molecule has 1 heterocycles. The Hall–Kier alpha value is -2.04. The maximum atomic E-state index is 12.0. The Kier molecular flexibility index (Phi) is 4.61. The monoisotopic (exact) mass is 275 g/mol. The summed E-state index contributed by atoms with van der Waals surface area (Å²) >= 11 is 0. The van der Waals surface area contributed by atoms with Crippen molar-refractivity contribution >= 4 is 17.5 Å². The number of carbonyl (C=O) groups is 2. The normalized spacial score (nSPS) is 15.2. The highest BCUT2D eigenvalue weighted by Gasteiger charge is 2.20. The predicted molar refractivity (Wildman–Crippen MR) is 78.6 cm³/mol. The van der Waals surface area contributed by atoms with E-state index in [0.29, 0.717) is 19.0 Å². The van der Waals surface area contributed by atoms with Gasteiger partial charge in [-0.05, 0) is 23.6 Å². The number of hydrogen-bond donors (Lipinski definition) is 2. The summed E-state index contributed by atoms with van der Waals surface area (Å²) in [5, 5.41) is 5.80. The maximum Gasteiger partial charge on any atom is 0.242 e. The molecule has 1 saturated heterocycles. The Bertz CT molecular complexity index is 482. The second kappa shape index (κ2) is 6.41. The number of nitrogens with one attached hydrogen (secondary N) is 2. The molecule has 1 fully saturated rings. The van der Waals surface area contributed by atoms with Gasteiger partial charge in [-0.25, -0.2) is 0 Å². The van der Waals surface area contributed by atoms with E-state index in [1.807, 2.05) is 12.1 Å². The van der Waals surface area contributed by atoms with Crippen molar-refractivity contribution in [2.24, 2.45) is 0 Å². The summed E-state index contributed by atoms with van der Waals surface area (Å²) in [5.41, 5.74) is 2.19. The summed E-state index contributed by atoms with van der Waals surface area (Å²) < 4.78 is 0. The lowest BCUT2D eigenvalue weighted by Crippen LogP contribution is -2.51. The van der Waals surface area contributed by atoms with Crippen molar-refractivity contribution in [1.29, 1.82) is 0 Å². The SMILES string of the molecule is CC(C)c1ccc(NCC(=O)N2CCNC(=O)C2)cc1. The van der Waals surface area contributed by atoms with E-state index in [0.717, 1.165) is 5.69 Å². The third kappa shape index (κ3) is 3.73. The Morgan fingerprint density at radius 3 is 2.65 bits per heavy atom. The molecule has 1 aliphatic heterocycles. The zero-order chi connectivity index (χ0) is 14.5. The molecule has 0 radical (unpaired) electrons. The number of anilines is 1. The van der Waals surface area contributed by atoms with Crippen LogP contribution in [-0.4, -0.2) is 42.9 Å². The van der Waals surface area contributed by atoms with Crippen LogP contribution in [0.1, 0.15) is 25.3 Å². The van der Waals surface area contributed by atoms with Crippen molar-refractivity contribution in [2.75, 3.05) is 31.5 Å². The quantitative estimate of drug-likeness (QED) is 0.867. The molecule has 2 N–H and O–H groups in total. The molecule has 0 saturated carbocycles. The van der Waals surface area contributed by atoms with Gasteiger partial charge < -0.3 is 15.5 Å². The van der Waals surface area contributed by atoms with Gasteiger partial charge in [0.1, 0.15) is 0 Å². The van der Waals surface area contributed by atoms with Crippen molar-refractivity contribution in [3.05, 3.63) is 29.8 Å². The van der Waals surface area contributed by atoms with Crippen molar-refractivity contribution < 1.29 is 9.59 Å². The molecule has 1 aliphatic rings. The van der Waals surface area contributed by atoms with Gasteiger partial charge in [-0.15, -0.1) is 0 Å². The average molecular weight is 275 g/mol. The van der Waals surface area contributed by atoms with Crippen LogP contribution in [0.4, 0.5) is 5.69 Å². The zero-order valence-electron chi connectivity index (χ0n) is 12.0. The van der Waals surface area contributed by atoms with Gasteiger partial charge in [-0.2, -0.15) is 0 Å². The molecule has 5 nitrogen and oxygen atoms in total. The summed E-state index contributed by atoms with van der Waals surface area (Å²) in [5.74, 6) is 0.358. The summed E-state index contributed by atoms with van der Waals surface area (Å²) in [7, 11) is 0. The number of rotatable bonds is 4. The van der Waals surface area contributed by atoms with Crippen LogP contribution in [-0.2, 0) is 9.59 Å². The van der Waals surface area contributed by atoms with Gasteiger partial charge in [0.05, 0.1) is 13.1 Å². The first-order valence-electron chi connectivity index (χ1n) is 6.94. The number of carbonyl (C=O) groups excluding carboxylic acids is 2. The predicted octanol–water partition coefficient (Wildman–Crippen LogP) is 1.18. The second-order valence-electron chi connectivity index (χ2n) is 5.30. The summed E-state index contributed by atoms with van der Waals surface area (Å²) in [6, 6.07) is 8.08. The molecule has 0 bridgehead atoms. The lowest BCUT2D eigenvalue weighted by Gasteiger charge is -2.26. The van der Waals surface area contributed by atoms with Crippen LogP contribution in [0.3, 0.4) is 0 Å². The number of amides is 2. The number of piperazine rings is 1. The fourth-order valence-electron chi connectivity index (χ4n) is 2.13. The van der Waals surface area contributed by atoms with E-state index >= 15 is 0 Å². The topological polar surface area (TPSA) is 61.4 Å². The summed E-state index contributed by atoms with van der Waals surface area (Å²) in [6.45, 7) is 5.79. The highest BCUT2D eigenvalue weighted by molar-refractivity contribution is 5.87. The smallest absolute Gasteiger partial charge is 0.242 e. The first kappa shape index (κ1) is 14.4. The molecule has 0 unspecified atom stereocenters. The molecule has 108 valence electrons. The molecule has 0 atom stereocenters. The Morgan fingerprint density at radius 2 is 2.05 bits per heavy atom. The van der Waals surface area contributed by atoms with Gasteiger partial charge in [0, 0.05) is 18.8 Å². The minimum absolute atomic E-state index is 0.0483. The molecule has 2 amide bonds. The standard InChI is InChI=1S/C15H21N3O2/c1-11(2)12-3-5-13(6-4-12)17-9-15(20)18-8-7-16-14(19)10-18/h3-6,11,17H,7-10H2,1-2H3,(H,16,19). The van der Waals surface area contributed by atoms with Crippen LogP contribution in [0.2, 0.25) is 0 Å². The molecule has 1 aromatic rings. The van der Waals surface area contributed by atoms with Crippen molar-refractivity contribution in [2.45, 2.75) is 19.8 Å². The van der Waals surface area contributed by atoms with Gasteiger partial charge in [-0.1, -0.05) is 26.0 Å². The van der Waals surface area contributed by atoms with Crippen LogP contribution in [0.15, 0.2) is 24.3 Å². The van der Waals surface area contributed by atoms with Crippen LogP contribution in [0.25, 0.3) is 0 Å². The molecular formula is C15H21N3O2. The first-order valence-corrected chi connectivity index (χ1v) is 6.94. The number of hydrogen-bond acceptors (Lipinski definition) is 3. The third-order valence-corrected chi connectivity index (χ3v) is 3.41. The van der Waals surface area contributed by atoms with E-state index in [-0.39, 0.29) is 24.9 Å². The van der Waals surface area contributed by atoms with E-state index in [9.17, 15) is 9.59 Å². The van der Waals surface area contributed by atoms with Crippen molar-refractivity contribution in [1.82, 2.24) is 10.2 Å². The molecule has 20 heavy (non-hydrogen) atoms. The Balaban J connectivity index is 1.85. The van der Waals surface area contributed by atoms with Gasteiger partial charge in [0.2, 0.25) is 11.8 Å². The average Bonchev–Trinajstić information content (AvgIpc) is 2.45. The van der Waals surface area contributed by atoms with Gasteiger partial charge in [0.15, 0.2) is 0 Å². The molecular weight excluding hydrogens is 254 g/mol. The third-order valence-electron chi connectivity index (χ3n) is 3.41. The molecule has 0 aliphatic carbocycles. The lowest BCUT2D eigenvalue weighted by atomic mass is 10.0. The van der Waals surface area contributed by atoms with E-state index in [1.165, 1.54) is 5.56 Å². The largest absolute Gasteiger partial charge is 0.376 e. The van der Waals surface area contributed by atoms with Crippen LogP contribution < -0.4 is 10.6 Å². The number of benzene rings is 1. The summed E-state index contributed by atoms with van der Waals surface area (Å²) in [6.07, 6.45) is 0. The lowest BCUT2D eigenvalue weighted by molar-refractivity contribution is -0.136. The minimum Gasteiger partial charge on any atom is -0.376 e.